The van der Waals surface area contributed by atoms with Gasteiger partial charge in [-0.15, -0.1) is 0 Å². The molecular weight excluding hydrogens is 286 g/mol. The monoisotopic (exact) mass is 310 g/mol. The van der Waals surface area contributed by atoms with E-state index in [0.717, 1.165) is 38.9 Å². The van der Waals surface area contributed by atoms with Gasteiger partial charge < -0.3 is 9.47 Å². The van der Waals surface area contributed by atoms with E-state index < -0.39 is 11.6 Å². The lowest BCUT2D eigenvalue weighted by Gasteiger charge is -2.37. The van der Waals surface area contributed by atoms with Gasteiger partial charge in [-0.3, -0.25) is 0 Å². The van der Waals surface area contributed by atoms with Crippen LogP contribution in [0.5, 0.6) is 0 Å². The van der Waals surface area contributed by atoms with E-state index in [4.69, 9.17) is 9.47 Å². The quantitative estimate of drug-likeness (QED) is 0.797. The van der Waals surface area contributed by atoms with Gasteiger partial charge in [-0.2, -0.15) is 0 Å². The Kier molecular flexibility index (Phi) is 4.79. The molecule has 1 heterocycles. The highest BCUT2D eigenvalue weighted by atomic mass is 19.2. The summed E-state index contributed by atoms with van der Waals surface area (Å²) in [5, 5.41) is 0. The van der Waals surface area contributed by atoms with Crippen LogP contribution in [0.4, 0.5) is 8.78 Å². The van der Waals surface area contributed by atoms with E-state index in [1.165, 1.54) is 0 Å². The molecule has 0 N–H and O–H groups in total. The molecule has 0 bridgehead atoms. The first-order valence-corrected chi connectivity index (χ1v) is 8.24. The third-order valence-corrected chi connectivity index (χ3v) is 4.99. The van der Waals surface area contributed by atoms with E-state index in [1.54, 1.807) is 19.1 Å². The van der Waals surface area contributed by atoms with Crippen molar-refractivity contribution in [2.45, 2.75) is 51.7 Å². The number of aryl methyl sites for hydroxylation is 1. The summed E-state index contributed by atoms with van der Waals surface area (Å²) in [6.07, 6.45) is 3.50. The zero-order valence-corrected chi connectivity index (χ0v) is 13.3. The predicted octanol–water partition coefficient (Wildman–Crippen LogP) is 4.56. The Morgan fingerprint density at radius 2 is 1.59 bits per heavy atom. The highest BCUT2D eigenvalue weighted by molar-refractivity contribution is 5.28. The number of ether oxygens (including phenoxy) is 2. The maximum atomic E-state index is 14.1. The fourth-order valence-electron chi connectivity index (χ4n) is 3.57. The molecule has 22 heavy (non-hydrogen) atoms. The molecule has 0 unspecified atom stereocenters. The van der Waals surface area contributed by atoms with Crippen LogP contribution in [0.3, 0.4) is 0 Å². The van der Waals surface area contributed by atoms with Crippen LogP contribution >= 0.6 is 0 Å². The minimum atomic E-state index is -0.701. The molecule has 0 atom stereocenters. The summed E-state index contributed by atoms with van der Waals surface area (Å²) in [5.74, 6) is -0.428. The van der Waals surface area contributed by atoms with Crippen LogP contribution in [0.25, 0.3) is 0 Å². The van der Waals surface area contributed by atoms with Gasteiger partial charge in [0.15, 0.2) is 17.9 Å². The van der Waals surface area contributed by atoms with Crippen molar-refractivity contribution in [2.75, 3.05) is 13.2 Å². The van der Waals surface area contributed by atoms with Crippen molar-refractivity contribution in [1.29, 1.82) is 0 Å². The average molecular weight is 310 g/mol. The van der Waals surface area contributed by atoms with Gasteiger partial charge in [0.25, 0.3) is 0 Å². The van der Waals surface area contributed by atoms with Crippen LogP contribution in [-0.4, -0.2) is 19.5 Å². The first-order chi connectivity index (χ1) is 10.6. The normalized spacial score (nSPS) is 32.9. The molecule has 2 aliphatic rings. The standard InChI is InChI=1S/C18H24F2O2/c1-11-9-21-18(22-10-11)14-6-4-13(5-7-14)15-8-3-12(2)16(19)17(15)20/h3,8,11,13-14,18H,4-7,9-10H2,1-2H3. The Balaban J connectivity index is 1.61. The summed E-state index contributed by atoms with van der Waals surface area (Å²) in [7, 11) is 0. The van der Waals surface area contributed by atoms with Crippen molar-refractivity contribution in [3.8, 4) is 0 Å². The first-order valence-electron chi connectivity index (χ1n) is 8.24. The molecule has 0 radical (unpaired) electrons. The number of hydrogen-bond acceptors (Lipinski definition) is 2. The molecule has 2 nitrogen and oxygen atoms in total. The second-order valence-electron chi connectivity index (χ2n) is 6.85. The van der Waals surface area contributed by atoms with Crippen molar-refractivity contribution < 1.29 is 18.3 Å². The molecule has 1 saturated carbocycles. The van der Waals surface area contributed by atoms with Crippen molar-refractivity contribution in [2.24, 2.45) is 11.8 Å². The molecular formula is C18H24F2O2. The smallest absolute Gasteiger partial charge is 0.162 e. The lowest BCUT2D eigenvalue weighted by Crippen LogP contribution is -2.37. The fraction of sp³-hybridized carbons (Fsp3) is 0.667. The third-order valence-electron chi connectivity index (χ3n) is 4.99. The topological polar surface area (TPSA) is 18.5 Å². The van der Waals surface area contributed by atoms with Gasteiger partial charge in [0.2, 0.25) is 0 Å². The molecule has 1 aliphatic heterocycles. The van der Waals surface area contributed by atoms with Gasteiger partial charge in [-0.1, -0.05) is 19.1 Å². The van der Waals surface area contributed by atoms with Gasteiger partial charge in [0.1, 0.15) is 0 Å². The van der Waals surface area contributed by atoms with Crippen LogP contribution in [0, 0.1) is 30.4 Å². The summed E-state index contributed by atoms with van der Waals surface area (Å²) in [6, 6.07) is 3.42. The van der Waals surface area contributed by atoms with E-state index in [-0.39, 0.29) is 12.2 Å². The highest BCUT2D eigenvalue weighted by Crippen LogP contribution is 2.40. The zero-order valence-electron chi connectivity index (χ0n) is 13.3. The lowest BCUT2D eigenvalue weighted by atomic mass is 9.78. The largest absolute Gasteiger partial charge is 0.352 e. The summed E-state index contributed by atoms with van der Waals surface area (Å²) < 4.78 is 39.4. The van der Waals surface area contributed by atoms with E-state index in [9.17, 15) is 8.78 Å². The summed E-state index contributed by atoms with van der Waals surface area (Å²) >= 11 is 0. The number of benzene rings is 1. The van der Waals surface area contributed by atoms with Crippen molar-refractivity contribution in [1.82, 2.24) is 0 Å². The number of halogens is 2. The Hall–Kier alpha value is -1.00. The third kappa shape index (κ3) is 3.18. The van der Waals surface area contributed by atoms with Crippen molar-refractivity contribution in [3.63, 3.8) is 0 Å². The van der Waals surface area contributed by atoms with Crippen LogP contribution in [0.2, 0.25) is 0 Å². The molecule has 2 fully saturated rings. The molecule has 1 aliphatic carbocycles. The van der Waals surface area contributed by atoms with Crippen molar-refractivity contribution in [3.05, 3.63) is 34.9 Å². The molecule has 0 aromatic heterocycles. The van der Waals surface area contributed by atoms with E-state index >= 15 is 0 Å². The zero-order chi connectivity index (χ0) is 15.7. The Labute approximate surface area is 130 Å². The van der Waals surface area contributed by atoms with Gasteiger partial charge in [-0.05, 0) is 49.7 Å². The Morgan fingerprint density at radius 1 is 0.955 bits per heavy atom. The molecule has 4 heteroatoms. The average Bonchev–Trinajstić information content (AvgIpc) is 2.54. The minimum absolute atomic E-state index is 0.105. The maximum absolute atomic E-state index is 14.1. The van der Waals surface area contributed by atoms with E-state index in [1.807, 2.05) is 0 Å². The molecule has 1 aromatic rings. The van der Waals surface area contributed by atoms with Crippen LogP contribution < -0.4 is 0 Å². The van der Waals surface area contributed by atoms with Crippen LogP contribution in [0.1, 0.15) is 49.7 Å². The minimum Gasteiger partial charge on any atom is -0.352 e. The van der Waals surface area contributed by atoms with Gasteiger partial charge >= 0.3 is 0 Å². The summed E-state index contributed by atoms with van der Waals surface area (Å²) in [5.41, 5.74) is 0.897. The van der Waals surface area contributed by atoms with E-state index in [2.05, 4.69) is 6.92 Å². The SMILES string of the molecule is Cc1ccc(C2CCC(C3OCC(C)CO3)CC2)c(F)c1F. The number of rotatable bonds is 2. The second-order valence-corrected chi connectivity index (χ2v) is 6.85. The first kappa shape index (κ1) is 15.9. The maximum Gasteiger partial charge on any atom is 0.162 e. The molecule has 0 spiro atoms. The van der Waals surface area contributed by atoms with Crippen molar-refractivity contribution >= 4 is 0 Å². The second kappa shape index (κ2) is 6.63. The van der Waals surface area contributed by atoms with Gasteiger partial charge in [-0.25, -0.2) is 8.78 Å². The molecule has 1 aromatic carbocycles. The summed E-state index contributed by atoms with van der Waals surface area (Å²) in [4.78, 5) is 0. The fourth-order valence-corrected chi connectivity index (χ4v) is 3.57. The number of hydrogen-bond donors (Lipinski definition) is 0. The Morgan fingerprint density at radius 3 is 2.23 bits per heavy atom. The van der Waals surface area contributed by atoms with E-state index in [0.29, 0.717) is 23.0 Å². The molecule has 1 saturated heterocycles. The predicted molar refractivity (Wildman–Crippen MR) is 80.7 cm³/mol. The Bertz CT molecular complexity index is 516. The van der Waals surface area contributed by atoms with Crippen LogP contribution in [0.15, 0.2) is 12.1 Å². The highest BCUT2D eigenvalue weighted by Gasteiger charge is 2.33. The lowest BCUT2D eigenvalue weighted by molar-refractivity contribution is -0.226. The molecule has 3 rings (SSSR count). The summed E-state index contributed by atoms with van der Waals surface area (Å²) in [6.45, 7) is 5.21. The van der Waals surface area contributed by atoms with Crippen LogP contribution in [-0.2, 0) is 9.47 Å². The molecule has 0 amide bonds. The van der Waals surface area contributed by atoms with Gasteiger partial charge in [0.05, 0.1) is 13.2 Å². The molecule has 122 valence electrons. The van der Waals surface area contributed by atoms with Gasteiger partial charge in [0, 0.05) is 11.8 Å².